The second kappa shape index (κ2) is 28.4. The molecule has 30 nitrogen and oxygen atoms in total. The molecule has 526 valence electrons. The number of hydrogen-bond acceptors (Lipinski definition) is 20. The molecule has 0 aliphatic carbocycles. The normalized spacial score (nSPS) is 32.0. The zero-order valence-corrected chi connectivity index (χ0v) is 57.5. The number of aliphatic imine (C=N–C) groups is 3. The van der Waals surface area contributed by atoms with Gasteiger partial charge in [0, 0.05) is 144 Å². The quantitative estimate of drug-likeness (QED) is 0.0521. The molecule has 6 aliphatic rings. The van der Waals surface area contributed by atoms with E-state index in [1.807, 2.05) is 87.4 Å². The molecular formula is C65H96N15O15P. The molecule has 1 aromatic carbocycles. The molecule has 15 atom stereocenters. The lowest BCUT2D eigenvalue weighted by molar-refractivity contribution is -0.124. The van der Waals surface area contributed by atoms with E-state index in [-0.39, 0.29) is 90.3 Å². The first kappa shape index (κ1) is 74.1. The molecule has 7 heterocycles. The lowest BCUT2D eigenvalue weighted by Crippen LogP contribution is -2.56. The maximum Gasteiger partial charge on any atom is 0.472 e. The molecule has 19 N–H and O–H groups in total. The first-order chi connectivity index (χ1) is 44.7. The number of allylic oxidation sites excluding steroid dienone is 6. The van der Waals surface area contributed by atoms with E-state index >= 15 is 0 Å². The number of amides is 8. The average Bonchev–Trinajstić information content (AvgIpc) is 1.53. The van der Waals surface area contributed by atoms with E-state index in [0.717, 1.165) is 11.1 Å². The van der Waals surface area contributed by atoms with Crippen LogP contribution in [0.25, 0.3) is 11.0 Å². The largest absolute Gasteiger partial charge is 0.472 e. The highest BCUT2D eigenvalue weighted by Gasteiger charge is 2.66. The summed E-state index contributed by atoms with van der Waals surface area (Å²) in [5.74, 6) is -7.32. The maximum atomic E-state index is 14.5. The Morgan fingerprint density at radius 1 is 0.792 bits per heavy atom. The maximum absolute atomic E-state index is 14.5. The van der Waals surface area contributed by atoms with Crippen LogP contribution in [0.1, 0.15) is 150 Å². The number of aliphatic hydroxyl groups is 1. The molecule has 8 rings (SSSR count). The van der Waals surface area contributed by atoms with Crippen LogP contribution in [-0.4, -0.2) is 146 Å². The molecule has 0 saturated carbocycles. The van der Waals surface area contributed by atoms with Crippen LogP contribution < -0.4 is 56.1 Å². The Morgan fingerprint density at radius 2 is 1.41 bits per heavy atom. The molecule has 8 bridgehead atoms. The van der Waals surface area contributed by atoms with Gasteiger partial charge in [-0.15, -0.1) is 0 Å². The van der Waals surface area contributed by atoms with E-state index in [9.17, 15) is 52.9 Å². The minimum atomic E-state index is -5.18. The van der Waals surface area contributed by atoms with Crippen molar-refractivity contribution < 1.29 is 71.4 Å². The van der Waals surface area contributed by atoms with E-state index in [2.05, 4.69) is 20.9 Å². The van der Waals surface area contributed by atoms with Gasteiger partial charge in [0.25, 0.3) is 0 Å². The van der Waals surface area contributed by atoms with Crippen LogP contribution in [0, 0.1) is 59.2 Å². The molecular weight excluding hydrogens is 1260 g/mol. The van der Waals surface area contributed by atoms with Crippen molar-refractivity contribution in [1.82, 2.24) is 25.5 Å². The smallest absolute Gasteiger partial charge is 0.447 e. The number of aliphatic hydroxyl groups excluding tert-OH is 1. The van der Waals surface area contributed by atoms with Crippen molar-refractivity contribution in [1.29, 1.82) is 0 Å². The van der Waals surface area contributed by atoms with Crippen LogP contribution in [0.15, 0.2) is 67.8 Å². The van der Waals surface area contributed by atoms with Crippen molar-refractivity contribution in [3.63, 3.8) is 0 Å². The first-order valence-electron chi connectivity index (χ1n) is 32.5. The standard InChI is InChI=1S/C65H96N15O15P/c1-31-22-41-42(23-32(31)2)80(30-75-41)59-54(88)55(43(93-59)29-92-60(89)73-21-20-66)95-96(90,91)94-33(3)28-74-51(87)18-19-62(8)39(24-48(70)84)58-65(11)64(10,27-50(72)86)38(14-17-47(69)83)53(79-65)35(5)57-63(9,26-49(71)85)36(12-15-45(67)81)40(76-57)25-44-61(6,7)37(13-16-46(68)82)52(77-44)34(4)56(62)78-58/h22-23,25,30,33,36-39,43,54-55,58-59,76,88H,12-21,24,26-29,66H2,1-11H3,(H2,67,81)(H2,68,82)(H2,69,83)(H2,70,84)(H2,71,85)(H2,72,86)(H,73,89)(H,74,87)(H,90,91)/b40-25-,52-34-,57-35?/t33-,36-,37-,38-,39+,43-,54-,55-,58-,59+,62-,63+,64+,65+/m1/s1. The number of hydrogen-bond donors (Lipinski definition) is 12. The third-order valence-corrected chi connectivity index (χ3v) is 22.3. The zero-order chi connectivity index (χ0) is 71.1. The molecule has 96 heavy (non-hydrogen) atoms. The van der Waals surface area contributed by atoms with Gasteiger partial charge >= 0.3 is 13.9 Å². The third kappa shape index (κ3) is 14.7. The molecule has 1 aromatic heterocycles. The molecule has 2 aromatic rings. The van der Waals surface area contributed by atoms with Crippen molar-refractivity contribution in [2.75, 3.05) is 26.2 Å². The summed E-state index contributed by atoms with van der Waals surface area (Å²) in [7, 11) is -5.18. The van der Waals surface area contributed by atoms with E-state index in [4.69, 9.17) is 73.6 Å². The number of imidazole rings is 1. The molecule has 8 amide bonds. The van der Waals surface area contributed by atoms with Gasteiger partial charge in [0.1, 0.15) is 24.9 Å². The predicted molar refractivity (Wildman–Crippen MR) is 355 cm³/mol. The van der Waals surface area contributed by atoms with Crippen LogP contribution >= 0.6 is 7.82 Å². The number of carbonyl (C=O) groups is 8. The van der Waals surface area contributed by atoms with E-state index < -0.39 is 149 Å². The van der Waals surface area contributed by atoms with Crippen LogP contribution in [-0.2, 0) is 56.6 Å². The summed E-state index contributed by atoms with van der Waals surface area (Å²) >= 11 is 0. The predicted octanol–water partition coefficient (Wildman–Crippen LogP) is 2.86. The lowest BCUT2D eigenvalue weighted by Gasteiger charge is -2.48. The van der Waals surface area contributed by atoms with Gasteiger partial charge < -0.3 is 80.1 Å². The van der Waals surface area contributed by atoms with E-state index in [1.54, 1.807) is 0 Å². The number of aromatic nitrogens is 2. The fraction of sp³-hybridized carbons (Fsp3) is 0.631. The molecule has 2 saturated heterocycles. The van der Waals surface area contributed by atoms with Crippen LogP contribution in [0.5, 0.6) is 0 Å². The topological polar surface area (TPSA) is 504 Å². The van der Waals surface area contributed by atoms with E-state index in [0.29, 0.717) is 56.4 Å². The minimum Gasteiger partial charge on any atom is -0.447 e. The highest BCUT2D eigenvalue weighted by atomic mass is 31.2. The molecule has 0 radical (unpaired) electrons. The summed E-state index contributed by atoms with van der Waals surface area (Å²) in [5, 5.41) is 20.7. The number of phosphoric acid groups is 1. The van der Waals surface area contributed by atoms with Gasteiger partial charge in [-0.2, -0.15) is 0 Å². The number of phosphoric ester groups is 1. The van der Waals surface area contributed by atoms with Gasteiger partial charge in [0.2, 0.25) is 41.4 Å². The summed E-state index contributed by atoms with van der Waals surface area (Å²) in [5.41, 5.74) is 42.7. The Balaban J connectivity index is 1.18. The Morgan fingerprint density at radius 3 is 2.01 bits per heavy atom. The number of nitrogens with one attached hydrogen (secondary N) is 3. The van der Waals surface area contributed by atoms with Crippen molar-refractivity contribution in [2.24, 2.45) is 100 Å². The zero-order valence-electron chi connectivity index (χ0n) is 56.6. The molecule has 1 unspecified atom stereocenters. The summed E-state index contributed by atoms with van der Waals surface area (Å²) in [4.78, 5) is 139. The Labute approximate surface area is 557 Å². The van der Waals surface area contributed by atoms with Crippen molar-refractivity contribution in [2.45, 2.75) is 189 Å². The SMILES string of the molecule is CC1=C2N/C(=C\C3=NC(=C(/C)C4=N[C@H]([C@H](CC(N)=O)[C@@]4(C)CCC(=O)NC[C@@H](C)OP(=O)(O)O[C@H]4[C@@H](O)[C@@H](n5cnc6cc(C)c(C)cc65)O[C@@H]4COC(=O)NCCN)[C@]4(C)N=C1[C@@H](CCC(N)=O)[C@]4(C)CC(N)=O)/[C@@H](CCC(N)=O)C3(C)C)[C@@H](CCC(N)=O)[C@]2(C)CC(N)=O. The highest BCUT2D eigenvalue weighted by molar-refractivity contribution is 7.47. The van der Waals surface area contributed by atoms with E-state index in [1.165, 1.54) is 17.8 Å². The number of primary amides is 6. The van der Waals surface area contributed by atoms with Gasteiger partial charge in [-0.25, -0.2) is 14.3 Å². The third-order valence-electron chi connectivity index (χ3n) is 21.2. The van der Waals surface area contributed by atoms with Gasteiger partial charge in [-0.3, -0.25) is 57.6 Å². The fourth-order valence-electron chi connectivity index (χ4n) is 15.8. The summed E-state index contributed by atoms with van der Waals surface area (Å²) in [6.45, 7) is 19.5. The number of ether oxygens (including phenoxy) is 2. The van der Waals surface area contributed by atoms with Crippen molar-refractivity contribution in [3.8, 4) is 0 Å². The van der Waals surface area contributed by atoms with Gasteiger partial charge in [-0.1, -0.05) is 34.6 Å². The number of aryl methyl sites for hydroxylation is 2. The number of nitrogens with zero attached hydrogens (tertiary/aromatic N) is 5. The number of nitrogens with two attached hydrogens (primary N) is 7. The second-order valence-electron chi connectivity index (χ2n) is 28.2. The second-order valence-corrected chi connectivity index (χ2v) is 29.6. The number of rotatable bonds is 29. The van der Waals surface area contributed by atoms with Crippen molar-refractivity contribution >= 4 is 83.4 Å². The summed E-state index contributed by atoms with van der Waals surface area (Å²) < 4.78 is 38.4. The Bertz CT molecular complexity index is 3730. The molecule has 31 heteroatoms. The molecule has 0 spiro atoms. The number of carbonyl (C=O) groups excluding carboxylic acids is 8. The number of fused-ring (bicyclic) bond motifs is 7. The molecule has 2 fully saturated rings. The lowest BCUT2D eigenvalue weighted by atomic mass is 9.55. The number of alkyl carbamates (subject to hydrolysis) is 1. The first-order valence-corrected chi connectivity index (χ1v) is 34.0. The van der Waals surface area contributed by atoms with Crippen molar-refractivity contribution in [3.05, 3.63) is 63.9 Å². The Hall–Kier alpha value is -7.73. The van der Waals surface area contributed by atoms with Crippen LogP contribution in [0.4, 0.5) is 4.79 Å². The van der Waals surface area contributed by atoms with Gasteiger partial charge in [-0.05, 0) is 108 Å². The van der Waals surface area contributed by atoms with Gasteiger partial charge in [0.15, 0.2) is 6.23 Å². The highest BCUT2D eigenvalue weighted by Crippen LogP contribution is 2.63. The minimum absolute atomic E-state index is 0.0341. The van der Waals surface area contributed by atoms with Crippen LogP contribution in [0.3, 0.4) is 0 Å². The summed E-state index contributed by atoms with van der Waals surface area (Å²) in [6.07, 6.45) is -5.67. The number of benzene rings is 1. The molecule has 6 aliphatic heterocycles. The average molecular weight is 1360 g/mol. The fourth-order valence-corrected chi connectivity index (χ4v) is 17.0. The van der Waals surface area contributed by atoms with Crippen LogP contribution in [0.2, 0.25) is 0 Å². The van der Waals surface area contributed by atoms with Gasteiger partial charge in [0.05, 0.1) is 35.0 Å². The summed E-state index contributed by atoms with van der Waals surface area (Å²) in [6, 6.07) is 2.65. The Kier molecular flexibility index (Phi) is 21.9. The monoisotopic (exact) mass is 1360 g/mol.